The van der Waals surface area contributed by atoms with Gasteiger partial charge >= 0.3 is 5.97 Å². The molecule has 1 aromatic rings. The van der Waals surface area contributed by atoms with E-state index < -0.39 is 34.7 Å². The highest BCUT2D eigenvalue weighted by atomic mass is 16.5. The summed E-state index contributed by atoms with van der Waals surface area (Å²) in [7, 11) is 0. The van der Waals surface area contributed by atoms with Crippen molar-refractivity contribution in [3.63, 3.8) is 0 Å². The summed E-state index contributed by atoms with van der Waals surface area (Å²) >= 11 is 0. The van der Waals surface area contributed by atoms with E-state index in [4.69, 9.17) is 9.47 Å². The largest absolute Gasteiger partial charge is 0.465 e. The number of hydrogen-bond acceptors (Lipinski definition) is 5. The fourth-order valence-electron chi connectivity index (χ4n) is 4.82. The van der Waals surface area contributed by atoms with Crippen molar-refractivity contribution >= 4 is 17.7 Å². The molecule has 4 rings (SSSR count). The lowest BCUT2D eigenvalue weighted by Gasteiger charge is -2.63. The van der Waals surface area contributed by atoms with Crippen molar-refractivity contribution in [3.8, 4) is 0 Å². The maximum atomic E-state index is 12.9. The smallest absolute Gasteiger partial charge is 0.323 e. The predicted molar refractivity (Wildman–Crippen MR) is 82.8 cm³/mol. The van der Waals surface area contributed by atoms with Crippen LogP contribution in [0.2, 0.25) is 0 Å². The summed E-state index contributed by atoms with van der Waals surface area (Å²) in [5.41, 5.74) is -1.98. The first kappa shape index (κ1) is 15.3. The average molecular weight is 329 g/mol. The van der Waals surface area contributed by atoms with Gasteiger partial charge in [0.15, 0.2) is 5.41 Å². The van der Waals surface area contributed by atoms with Crippen LogP contribution in [0.3, 0.4) is 0 Å². The highest BCUT2D eigenvalue weighted by Gasteiger charge is 2.86. The van der Waals surface area contributed by atoms with Gasteiger partial charge in [-0.3, -0.25) is 14.4 Å². The fraction of sp³-hybridized carbons (Fsp3) is 0.500. The Balaban J connectivity index is 1.94. The van der Waals surface area contributed by atoms with Gasteiger partial charge in [0, 0.05) is 12.5 Å². The molecule has 2 saturated heterocycles. The zero-order valence-electron chi connectivity index (χ0n) is 13.4. The minimum absolute atomic E-state index is 0.158. The molecule has 0 aromatic heterocycles. The highest BCUT2D eigenvalue weighted by Crippen LogP contribution is 2.67. The Morgan fingerprint density at radius 3 is 2.79 bits per heavy atom. The van der Waals surface area contributed by atoms with Gasteiger partial charge in [0.2, 0.25) is 5.78 Å². The first-order valence-electron chi connectivity index (χ1n) is 8.32. The van der Waals surface area contributed by atoms with Crippen molar-refractivity contribution in [1.82, 2.24) is 5.32 Å². The van der Waals surface area contributed by atoms with Gasteiger partial charge in [0.25, 0.3) is 5.91 Å². The third-order valence-electron chi connectivity index (χ3n) is 5.63. The molecule has 3 fully saturated rings. The molecule has 1 aliphatic carbocycles. The van der Waals surface area contributed by atoms with Crippen molar-refractivity contribution in [3.05, 3.63) is 35.9 Å². The average Bonchev–Trinajstić information content (AvgIpc) is 2.80. The molecule has 1 N–H and O–H groups in total. The van der Waals surface area contributed by atoms with Crippen LogP contribution in [0.25, 0.3) is 0 Å². The molecule has 126 valence electrons. The van der Waals surface area contributed by atoms with Crippen LogP contribution < -0.4 is 5.32 Å². The zero-order valence-corrected chi connectivity index (χ0v) is 13.4. The van der Waals surface area contributed by atoms with E-state index in [-0.39, 0.29) is 12.5 Å². The van der Waals surface area contributed by atoms with Crippen LogP contribution in [0, 0.1) is 11.3 Å². The van der Waals surface area contributed by atoms with Gasteiger partial charge in [0.1, 0.15) is 5.54 Å². The van der Waals surface area contributed by atoms with Crippen LogP contribution in [-0.2, 0) is 29.4 Å². The Hall–Kier alpha value is -2.21. The number of rotatable bonds is 3. The SMILES string of the molecule is CCOC(=O)[C@@]12C(=O)C(=O)N[C@]1(c1ccccc1)[C@@H]1OCCC[C@@H]12. The van der Waals surface area contributed by atoms with E-state index >= 15 is 0 Å². The second-order valence-corrected chi connectivity index (χ2v) is 6.53. The molecule has 6 heteroatoms. The molecular weight excluding hydrogens is 310 g/mol. The number of fused-ring (bicyclic) bond motifs is 4. The molecule has 0 spiro atoms. The van der Waals surface area contributed by atoms with Crippen LogP contribution in [0.15, 0.2) is 30.3 Å². The van der Waals surface area contributed by atoms with Gasteiger partial charge in [-0.15, -0.1) is 0 Å². The van der Waals surface area contributed by atoms with Crippen molar-refractivity contribution in [2.24, 2.45) is 11.3 Å². The molecule has 0 radical (unpaired) electrons. The third kappa shape index (κ3) is 1.52. The Morgan fingerprint density at radius 1 is 1.33 bits per heavy atom. The lowest BCUT2D eigenvalue weighted by molar-refractivity contribution is -0.241. The van der Waals surface area contributed by atoms with Crippen molar-refractivity contribution in [1.29, 1.82) is 0 Å². The monoisotopic (exact) mass is 329 g/mol. The maximum absolute atomic E-state index is 12.9. The summed E-state index contributed by atoms with van der Waals surface area (Å²) < 4.78 is 11.2. The van der Waals surface area contributed by atoms with Crippen LogP contribution in [0.4, 0.5) is 0 Å². The lowest BCUT2D eigenvalue weighted by atomic mass is 9.43. The Labute approximate surface area is 139 Å². The molecule has 2 heterocycles. The summed E-state index contributed by atoms with van der Waals surface area (Å²) in [4.78, 5) is 38.1. The maximum Gasteiger partial charge on any atom is 0.323 e. The second-order valence-electron chi connectivity index (χ2n) is 6.53. The summed E-state index contributed by atoms with van der Waals surface area (Å²) in [6.07, 6.45) is 1.03. The van der Waals surface area contributed by atoms with Crippen molar-refractivity contribution < 1.29 is 23.9 Å². The van der Waals surface area contributed by atoms with Gasteiger partial charge in [-0.1, -0.05) is 30.3 Å². The highest BCUT2D eigenvalue weighted by molar-refractivity contribution is 6.46. The number of carbonyl (C=O) groups excluding carboxylic acids is 3. The van der Waals surface area contributed by atoms with E-state index in [0.29, 0.717) is 18.6 Å². The number of nitrogens with one attached hydrogen (secondary N) is 1. The molecule has 3 aliphatic rings. The van der Waals surface area contributed by atoms with Gasteiger partial charge in [-0.2, -0.15) is 0 Å². The minimum atomic E-state index is -1.52. The summed E-state index contributed by atoms with van der Waals surface area (Å²) in [6, 6.07) is 9.14. The van der Waals surface area contributed by atoms with E-state index in [0.717, 1.165) is 6.42 Å². The number of esters is 1. The normalized spacial score (nSPS) is 37.0. The predicted octanol–water partition coefficient (Wildman–Crippen LogP) is 0.939. The first-order valence-corrected chi connectivity index (χ1v) is 8.32. The lowest BCUT2D eigenvalue weighted by Crippen LogP contribution is -2.79. The molecule has 6 nitrogen and oxygen atoms in total. The summed E-state index contributed by atoms with van der Waals surface area (Å²) in [6.45, 7) is 2.41. The topological polar surface area (TPSA) is 81.7 Å². The van der Waals surface area contributed by atoms with Crippen LogP contribution in [0.1, 0.15) is 25.3 Å². The summed E-state index contributed by atoms with van der Waals surface area (Å²) in [5, 5.41) is 2.80. The molecule has 1 saturated carbocycles. The molecule has 4 atom stereocenters. The van der Waals surface area contributed by atoms with E-state index in [2.05, 4.69) is 5.32 Å². The van der Waals surface area contributed by atoms with Crippen LogP contribution >= 0.6 is 0 Å². The Bertz CT molecular complexity index is 717. The molecule has 1 amide bonds. The number of benzene rings is 1. The second kappa shape index (κ2) is 5.14. The van der Waals surface area contributed by atoms with Gasteiger partial charge in [-0.25, -0.2) is 0 Å². The summed E-state index contributed by atoms with van der Waals surface area (Å²) in [5.74, 6) is -2.39. The Morgan fingerprint density at radius 2 is 2.08 bits per heavy atom. The molecule has 0 bridgehead atoms. The number of carbonyl (C=O) groups is 3. The van der Waals surface area contributed by atoms with Crippen LogP contribution in [0.5, 0.6) is 0 Å². The first-order chi connectivity index (χ1) is 11.6. The van der Waals surface area contributed by atoms with Gasteiger partial charge < -0.3 is 14.8 Å². The van der Waals surface area contributed by atoms with E-state index in [9.17, 15) is 14.4 Å². The molecule has 24 heavy (non-hydrogen) atoms. The van der Waals surface area contributed by atoms with E-state index in [1.165, 1.54) is 0 Å². The standard InChI is InChI=1S/C18H19NO5/c1-2-23-16(22)17-12-9-6-10-24-14(12)18(17,19-15(21)13(17)20)11-7-4-3-5-8-11/h3-5,7-8,12,14H,2,6,9-10H2,1H3,(H,19,21)/t12-,14+,17+,18+/m0/s1. The van der Waals surface area contributed by atoms with Gasteiger partial charge in [0.05, 0.1) is 12.7 Å². The number of ketones is 1. The number of ether oxygens (including phenoxy) is 2. The third-order valence-corrected chi connectivity index (χ3v) is 5.63. The number of hydrogen-bond donors (Lipinski definition) is 1. The number of amides is 1. The molecule has 2 aliphatic heterocycles. The zero-order chi connectivity index (χ0) is 16.9. The van der Waals surface area contributed by atoms with Gasteiger partial charge in [-0.05, 0) is 25.3 Å². The van der Waals surface area contributed by atoms with E-state index in [1.807, 2.05) is 30.3 Å². The Kier molecular flexibility index (Phi) is 3.28. The van der Waals surface area contributed by atoms with Crippen molar-refractivity contribution in [2.45, 2.75) is 31.4 Å². The van der Waals surface area contributed by atoms with E-state index in [1.54, 1.807) is 6.92 Å². The fourth-order valence-corrected chi connectivity index (χ4v) is 4.82. The molecule has 1 aromatic carbocycles. The molecular formula is C18H19NO5. The van der Waals surface area contributed by atoms with Crippen LogP contribution in [-0.4, -0.2) is 37.0 Å². The number of Topliss-reactive ketones (excluding diaryl/α,β-unsaturated/α-hetero) is 1. The quantitative estimate of drug-likeness (QED) is 0.507. The van der Waals surface area contributed by atoms with Crippen molar-refractivity contribution in [2.75, 3.05) is 13.2 Å². The molecule has 0 unspecified atom stereocenters. The minimum Gasteiger partial charge on any atom is -0.465 e.